The highest BCUT2D eigenvalue weighted by Crippen LogP contribution is 2.30. The van der Waals surface area contributed by atoms with Crippen LogP contribution in [0.25, 0.3) is 0 Å². The van der Waals surface area contributed by atoms with Crippen LogP contribution in [0, 0.1) is 0 Å². The van der Waals surface area contributed by atoms with Crippen molar-refractivity contribution in [1.82, 2.24) is 5.32 Å². The van der Waals surface area contributed by atoms with E-state index in [0.29, 0.717) is 36.2 Å². The van der Waals surface area contributed by atoms with E-state index in [-0.39, 0.29) is 18.6 Å². The van der Waals surface area contributed by atoms with Gasteiger partial charge in [-0.1, -0.05) is 25.1 Å². The van der Waals surface area contributed by atoms with E-state index in [1.54, 1.807) is 13.2 Å². The van der Waals surface area contributed by atoms with E-state index in [9.17, 15) is 4.79 Å². The van der Waals surface area contributed by atoms with Crippen molar-refractivity contribution in [3.05, 3.63) is 48.0 Å². The van der Waals surface area contributed by atoms with Gasteiger partial charge in [0, 0.05) is 0 Å². The lowest BCUT2D eigenvalue weighted by molar-refractivity contribution is -0.123. The van der Waals surface area contributed by atoms with Crippen LogP contribution < -0.4 is 24.3 Å². The minimum atomic E-state index is -0.218. The van der Waals surface area contributed by atoms with Gasteiger partial charge in [-0.15, -0.1) is 0 Å². The second kappa shape index (κ2) is 11.1. The summed E-state index contributed by atoms with van der Waals surface area (Å²) in [5.41, 5.74) is 0.920. The molecule has 1 N–H and O–H groups in total. The first kappa shape index (κ1) is 21.4. The number of carbonyl (C=O) groups is 1. The van der Waals surface area contributed by atoms with Crippen molar-refractivity contribution in [2.24, 2.45) is 0 Å². The first-order valence-corrected chi connectivity index (χ1v) is 9.53. The first-order valence-electron chi connectivity index (χ1n) is 9.53. The van der Waals surface area contributed by atoms with Gasteiger partial charge in [-0.25, -0.2) is 0 Å². The number of para-hydroxylation sites is 2. The Labute approximate surface area is 166 Å². The van der Waals surface area contributed by atoms with E-state index < -0.39 is 0 Å². The molecule has 0 spiro atoms. The Hall–Kier alpha value is -2.89. The summed E-state index contributed by atoms with van der Waals surface area (Å²) in [6.07, 6.45) is 0.920. The van der Waals surface area contributed by atoms with Gasteiger partial charge in [-0.2, -0.15) is 0 Å². The number of ether oxygens (including phenoxy) is 4. The van der Waals surface area contributed by atoms with Crippen LogP contribution in [0.3, 0.4) is 0 Å². The Morgan fingerprint density at radius 1 is 0.964 bits per heavy atom. The normalized spacial score (nSPS) is 11.4. The summed E-state index contributed by atoms with van der Waals surface area (Å²) in [5, 5.41) is 2.93. The molecule has 0 aliphatic carbocycles. The molecule has 2 aromatic carbocycles. The Balaban J connectivity index is 1.95. The molecule has 1 unspecified atom stereocenters. The largest absolute Gasteiger partial charge is 0.493 e. The van der Waals surface area contributed by atoms with Gasteiger partial charge in [-0.05, 0) is 50.1 Å². The van der Waals surface area contributed by atoms with Crippen LogP contribution in [0.5, 0.6) is 23.0 Å². The zero-order valence-electron chi connectivity index (χ0n) is 17.0. The van der Waals surface area contributed by atoms with Gasteiger partial charge in [-0.3, -0.25) is 4.79 Å². The minimum Gasteiger partial charge on any atom is -0.493 e. The van der Waals surface area contributed by atoms with Crippen LogP contribution >= 0.6 is 0 Å². The number of rotatable bonds is 11. The number of hydrogen-bond donors (Lipinski definition) is 1. The summed E-state index contributed by atoms with van der Waals surface area (Å²) in [6, 6.07) is 12.8. The number of hydrogen-bond acceptors (Lipinski definition) is 5. The Morgan fingerprint density at radius 3 is 2.29 bits per heavy atom. The maximum Gasteiger partial charge on any atom is 0.258 e. The van der Waals surface area contributed by atoms with E-state index in [0.717, 1.165) is 12.0 Å². The number of carbonyl (C=O) groups excluding carboxylic acids is 1. The third-order valence-corrected chi connectivity index (χ3v) is 4.03. The molecule has 6 heteroatoms. The zero-order valence-corrected chi connectivity index (χ0v) is 17.0. The molecule has 0 aromatic heterocycles. The average molecular weight is 387 g/mol. The van der Waals surface area contributed by atoms with Crippen molar-refractivity contribution in [3.63, 3.8) is 0 Å². The third-order valence-electron chi connectivity index (χ3n) is 4.03. The zero-order chi connectivity index (χ0) is 20.4. The molecule has 6 nitrogen and oxygen atoms in total. The second-order valence-corrected chi connectivity index (χ2v) is 6.22. The van der Waals surface area contributed by atoms with E-state index in [4.69, 9.17) is 18.9 Å². The summed E-state index contributed by atoms with van der Waals surface area (Å²) in [7, 11) is 1.60. The van der Waals surface area contributed by atoms with E-state index in [1.807, 2.05) is 57.2 Å². The quantitative estimate of drug-likeness (QED) is 0.628. The summed E-state index contributed by atoms with van der Waals surface area (Å²) < 4.78 is 22.2. The standard InChI is InChI=1S/C22H29NO5/c1-5-13-27-20-12-11-17(14-21(20)25-4)16(3)23-22(24)15-28-19-10-8-7-9-18(19)26-6-2/h7-12,14,16H,5-6,13,15H2,1-4H3,(H,23,24). The third kappa shape index (κ3) is 6.08. The summed E-state index contributed by atoms with van der Waals surface area (Å²) in [5.74, 6) is 2.30. The van der Waals surface area contributed by atoms with Crippen molar-refractivity contribution >= 4 is 5.91 Å². The molecule has 0 saturated heterocycles. The molecule has 2 rings (SSSR count). The van der Waals surface area contributed by atoms with Gasteiger partial charge < -0.3 is 24.3 Å². The molecule has 152 valence electrons. The summed E-state index contributed by atoms with van der Waals surface area (Å²) >= 11 is 0. The molecule has 0 bridgehead atoms. The SMILES string of the molecule is CCCOc1ccc(C(C)NC(=O)COc2ccccc2OCC)cc1OC. The van der Waals surface area contributed by atoms with Crippen molar-refractivity contribution in [1.29, 1.82) is 0 Å². The molecule has 0 aliphatic rings. The van der Waals surface area contributed by atoms with Gasteiger partial charge in [0.25, 0.3) is 5.91 Å². The maximum atomic E-state index is 12.3. The molecule has 0 fully saturated rings. The first-order chi connectivity index (χ1) is 13.6. The Morgan fingerprint density at radius 2 is 1.64 bits per heavy atom. The summed E-state index contributed by atoms with van der Waals surface area (Å²) in [4.78, 5) is 12.3. The van der Waals surface area contributed by atoms with E-state index in [1.165, 1.54) is 0 Å². The fraction of sp³-hybridized carbons (Fsp3) is 0.409. The smallest absolute Gasteiger partial charge is 0.258 e. The van der Waals surface area contributed by atoms with Gasteiger partial charge in [0.15, 0.2) is 29.6 Å². The fourth-order valence-electron chi connectivity index (χ4n) is 2.64. The molecule has 0 radical (unpaired) electrons. The highest BCUT2D eigenvalue weighted by Gasteiger charge is 2.14. The average Bonchev–Trinajstić information content (AvgIpc) is 2.71. The molecule has 1 amide bonds. The maximum absolute atomic E-state index is 12.3. The van der Waals surface area contributed by atoms with E-state index in [2.05, 4.69) is 5.32 Å². The topological polar surface area (TPSA) is 66.0 Å². The number of amides is 1. The van der Waals surface area contributed by atoms with Gasteiger partial charge >= 0.3 is 0 Å². The van der Waals surface area contributed by atoms with Gasteiger partial charge in [0.2, 0.25) is 0 Å². The van der Waals surface area contributed by atoms with Crippen LogP contribution in [0.4, 0.5) is 0 Å². The molecule has 0 saturated carbocycles. The van der Waals surface area contributed by atoms with Crippen molar-refractivity contribution in [2.75, 3.05) is 26.9 Å². The molecule has 0 aliphatic heterocycles. The van der Waals surface area contributed by atoms with Gasteiger partial charge in [0.1, 0.15) is 0 Å². The van der Waals surface area contributed by atoms with Crippen LogP contribution in [-0.2, 0) is 4.79 Å². The predicted octanol–water partition coefficient (Wildman–Crippen LogP) is 4.14. The molecule has 0 heterocycles. The Kier molecular flexibility index (Phi) is 8.46. The molecule has 2 aromatic rings. The highest BCUT2D eigenvalue weighted by atomic mass is 16.5. The minimum absolute atomic E-state index is 0.0940. The lowest BCUT2D eigenvalue weighted by Gasteiger charge is -2.18. The van der Waals surface area contributed by atoms with Crippen molar-refractivity contribution in [2.45, 2.75) is 33.2 Å². The number of benzene rings is 2. The van der Waals surface area contributed by atoms with E-state index >= 15 is 0 Å². The lowest BCUT2D eigenvalue weighted by Crippen LogP contribution is -2.31. The second-order valence-electron chi connectivity index (χ2n) is 6.22. The van der Waals surface area contributed by atoms with Crippen LogP contribution in [0.15, 0.2) is 42.5 Å². The molecular formula is C22H29NO5. The fourth-order valence-corrected chi connectivity index (χ4v) is 2.64. The Bertz CT molecular complexity index is 762. The molecular weight excluding hydrogens is 358 g/mol. The van der Waals surface area contributed by atoms with Crippen molar-refractivity contribution < 1.29 is 23.7 Å². The van der Waals surface area contributed by atoms with Crippen LogP contribution in [0.1, 0.15) is 38.8 Å². The number of nitrogens with one attached hydrogen (secondary N) is 1. The monoisotopic (exact) mass is 387 g/mol. The lowest BCUT2D eigenvalue weighted by atomic mass is 10.1. The number of methoxy groups -OCH3 is 1. The van der Waals surface area contributed by atoms with Crippen molar-refractivity contribution in [3.8, 4) is 23.0 Å². The van der Waals surface area contributed by atoms with Gasteiger partial charge in [0.05, 0.1) is 26.4 Å². The summed E-state index contributed by atoms with van der Waals surface area (Å²) in [6.45, 7) is 6.92. The van der Waals surface area contributed by atoms with Crippen LogP contribution in [-0.4, -0.2) is 32.8 Å². The molecule has 28 heavy (non-hydrogen) atoms. The highest BCUT2D eigenvalue weighted by molar-refractivity contribution is 5.78. The van der Waals surface area contributed by atoms with Crippen LogP contribution in [0.2, 0.25) is 0 Å². The predicted molar refractivity (Wildman–Crippen MR) is 108 cm³/mol. The molecule has 1 atom stereocenters.